The molecule has 1 aliphatic carbocycles. The molecule has 0 aromatic carbocycles. The number of hydrogen-bond donors (Lipinski definition) is 2. The van der Waals surface area contributed by atoms with Crippen LogP contribution in [0.25, 0.3) is 0 Å². The molecule has 0 unspecified atom stereocenters. The number of esters is 1. The maximum atomic E-state index is 11.8. The molecule has 2 N–H and O–H groups in total. The van der Waals surface area contributed by atoms with Crippen LogP contribution in [0.2, 0.25) is 0 Å². The van der Waals surface area contributed by atoms with Gasteiger partial charge in [-0.1, -0.05) is 19.8 Å². The molecule has 19 heavy (non-hydrogen) atoms. The van der Waals surface area contributed by atoms with E-state index in [2.05, 4.69) is 17.0 Å². The van der Waals surface area contributed by atoms with Crippen molar-refractivity contribution in [3.8, 4) is 0 Å². The molecule has 1 aliphatic rings. The van der Waals surface area contributed by atoms with E-state index in [0.29, 0.717) is 5.92 Å². The van der Waals surface area contributed by atoms with Gasteiger partial charge in [0.15, 0.2) is 0 Å². The summed E-state index contributed by atoms with van der Waals surface area (Å²) in [5.41, 5.74) is 0. The molecule has 0 aromatic heterocycles. The van der Waals surface area contributed by atoms with Gasteiger partial charge in [-0.25, -0.2) is 4.79 Å². The number of carboxylic acids is 1. The van der Waals surface area contributed by atoms with Crippen molar-refractivity contribution in [3.63, 3.8) is 0 Å². The van der Waals surface area contributed by atoms with Gasteiger partial charge in [0.25, 0.3) is 0 Å². The summed E-state index contributed by atoms with van der Waals surface area (Å²) < 4.78 is 4.60. The standard InChI is InChI=1S/C13H21NO5/c1-8-5-3-4-6-10(8)14-12(16)7-11(13(17)18)19-9(2)15/h8,10-11H,3-7H2,1-2H3,(H,14,16)(H,17,18)/t8-,10+,11-/m0/s1. The van der Waals surface area contributed by atoms with Crippen molar-refractivity contribution < 1.29 is 24.2 Å². The number of rotatable bonds is 5. The Balaban J connectivity index is 2.47. The highest BCUT2D eigenvalue weighted by molar-refractivity contribution is 5.85. The molecule has 0 bridgehead atoms. The molecular weight excluding hydrogens is 250 g/mol. The van der Waals surface area contributed by atoms with Crippen LogP contribution in [0.1, 0.15) is 46.0 Å². The van der Waals surface area contributed by atoms with E-state index in [0.717, 1.165) is 26.2 Å². The fraction of sp³-hybridized carbons (Fsp3) is 0.769. The quantitative estimate of drug-likeness (QED) is 0.730. The first kappa shape index (κ1) is 15.5. The molecule has 1 rings (SSSR count). The lowest BCUT2D eigenvalue weighted by Gasteiger charge is -2.29. The number of aliphatic carboxylic acids is 1. The molecule has 0 spiro atoms. The third-order valence-corrected chi connectivity index (χ3v) is 3.41. The maximum absolute atomic E-state index is 11.8. The van der Waals surface area contributed by atoms with E-state index in [1.807, 2.05) is 0 Å². The van der Waals surface area contributed by atoms with Crippen molar-refractivity contribution in [2.75, 3.05) is 0 Å². The first-order valence-corrected chi connectivity index (χ1v) is 6.59. The number of carbonyl (C=O) groups excluding carboxylic acids is 2. The van der Waals surface area contributed by atoms with Gasteiger partial charge in [0.05, 0.1) is 6.42 Å². The number of nitrogens with one attached hydrogen (secondary N) is 1. The molecule has 1 fully saturated rings. The molecule has 3 atom stereocenters. The number of ether oxygens (including phenoxy) is 1. The van der Waals surface area contributed by atoms with E-state index in [-0.39, 0.29) is 18.4 Å². The zero-order valence-electron chi connectivity index (χ0n) is 11.3. The lowest BCUT2D eigenvalue weighted by atomic mass is 9.86. The minimum Gasteiger partial charge on any atom is -0.478 e. The monoisotopic (exact) mass is 271 g/mol. The third kappa shape index (κ3) is 5.28. The molecule has 6 nitrogen and oxygen atoms in total. The SMILES string of the molecule is CC(=O)O[C@@H](CC(=O)N[C@@H]1CCCC[C@@H]1C)C(=O)O. The summed E-state index contributed by atoms with van der Waals surface area (Å²) in [6.45, 7) is 3.20. The van der Waals surface area contributed by atoms with Gasteiger partial charge >= 0.3 is 11.9 Å². The zero-order valence-corrected chi connectivity index (χ0v) is 11.3. The van der Waals surface area contributed by atoms with Crippen molar-refractivity contribution in [1.82, 2.24) is 5.32 Å². The molecular formula is C13H21NO5. The van der Waals surface area contributed by atoms with Gasteiger partial charge in [-0.2, -0.15) is 0 Å². The Kier molecular flexibility index (Phi) is 5.79. The summed E-state index contributed by atoms with van der Waals surface area (Å²) in [5.74, 6) is -1.99. The fourth-order valence-corrected chi connectivity index (χ4v) is 2.34. The van der Waals surface area contributed by atoms with Crippen molar-refractivity contribution in [2.24, 2.45) is 5.92 Å². The predicted molar refractivity (Wildman–Crippen MR) is 67.4 cm³/mol. The molecule has 6 heteroatoms. The Bertz CT molecular complexity index is 355. The van der Waals surface area contributed by atoms with Crippen LogP contribution in [0.15, 0.2) is 0 Å². The van der Waals surface area contributed by atoms with E-state index < -0.39 is 18.0 Å². The normalized spacial score (nSPS) is 24.3. The van der Waals surface area contributed by atoms with Crippen LogP contribution in [0.3, 0.4) is 0 Å². The van der Waals surface area contributed by atoms with Gasteiger partial charge in [0, 0.05) is 13.0 Å². The fourth-order valence-electron chi connectivity index (χ4n) is 2.34. The second-order valence-corrected chi connectivity index (χ2v) is 5.08. The molecule has 0 saturated heterocycles. The summed E-state index contributed by atoms with van der Waals surface area (Å²) in [6.07, 6.45) is 2.48. The molecule has 0 aromatic rings. The lowest BCUT2D eigenvalue weighted by Crippen LogP contribution is -2.43. The van der Waals surface area contributed by atoms with Crippen LogP contribution in [-0.2, 0) is 19.1 Å². The Morgan fingerprint density at radius 3 is 2.47 bits per heavy atom. The van der Waals surface area contributed by atoms with Crippen LogP contribution < -0.4 is 5.32 Å². The van der Waals surface area contributed by atoms with Gasteiger partial charge in [0.2, 0.25) is 12.0 Å². The number of carboxylic acid groups (broad SMARTS) is 1. The van der Waals surface area contributed by atoms with Gasteiger partial charge < -0.3 is 15.2 Å². The highest BCUT2D eigenvalue weighted by Gasteiger charge is 2.27. The molecule has 108 valence electrons. The summed E-state index contributed by atoms with van der Waals surface area (Å²) in [7, 11) is 0. The molecule has 0 aliphatic heterocycles. The average Bonchev–Trinajstić information content (AvgIpc) is 2.30. The Morgan fingerprint density at radius 1 is 1.32 bits per heavy atom. The van der Waals surface area contributed by atoms with E-state index in [4.69, 9.17) is 5.11 Å². The van der Waals surface area contributed by atoms with E-state index in [1.165, 1.54) is 6.42 Å². The average molecular weight is 271 g/mol. The van der Waals surface area contributed by atoms with Gasteiger partial charge in [0.1, 0.15) is 0 Å². The second kappa shape index (κ2) is 7.11. The summed E-state index contributed by atoms with van der Waals surface area (Å²) >= 11 is 0. The van der Waals surface area contributed by atoms with E-state index in [9.17, 15) is 14.4 Å². The first-order chi connectivity index (χ1) is 8.90. The summed E-state index contributed by atoms with van der Waals surface area (Å²) in [4.78, 5) is 33.4. The highest BCUT2D eigenvalue weighted by Crippen LogP contribution is 2.23. The minimum atomic E-state index is -1.41. The zero-order chi connectivity index (χ0) is 14.4. The largest absolute Gasteiger partial charge is 0.478 e. The molecule has 1 saturated carbocycles. The Labute approximate surface area is 112 Å². The number of hydrogen-bond acceptors (Lipinski definition) is 4. The van der Waals surface area contributed by atoms with Crippen molar-refractivity contribution >= 4 is 17.8 Å². The van der Waals surface area contributed by atoms with Crippen LogP contribution in [-0.4, -0.2) is 35.1 Å². The molecule has 1 amide bonds. The van der Waals surface area contributed by atoms with Crippen molar-refractivity contribution in [2.45, 2.75) is 58.1 Å². The third-order valence-electron chi connectivity index (χ3n) is 3.41. The Morgan fingerprint density at radius 2 is 1.95 bits per heavy atom. The number of carbonyl (C=O) groups is 3. The van der Waals surface area contributed by atoms with Crippen LogP contribution in [0, 0.1) is 5.92 Å². The molecule has 0 heterocycles. The smallest absolute Gasteiger partial charge is 0.345 e. The van der Waals surface area contributed by atoms with Crippen molar-refractivity contribution in [3.05, 3.63) is 0 Å². The van der Waals surface area contributed by atoms with Crippen molar-refractivity contribution in [1.29, 1.82) is 0 Å². The van der Waals surface area contributed by atoms with Crippen LogP contribution in [0.5, 0.6) is 0 Å². The topological polar surface area (TPSA) is 92.7 Å². The predicted octanol–water partition coefficient (Wildman–Crippen LogP) is 1.09. The summed E-state index contributed by atoms with van der Waals surface area (Å²) in [6, 6.07) is 0.0908. The van der Waals surface area contributed by atoms with E-state index >= 15 is 0 Å². The Hall–Kier alpha value is -1.59. The van der Waals surface area contributed by atoms with Crippen LogP contribution in [0.4, 0.5) is 0 Å². The lowest BCUT2D eigenvalue weighted by molar-refractivity contribution is -0.164. The minimum absolute atomic E-state index is 0.0908. The van der Waals surface area contributed by atoms with Gasteiger partial charge in [-0.15, -0.1) is 0 Å². The number of amides is 1. The van der Waals surface area contributed by atoms with Gasteiger partial charge in [-0.3, -0.25) is 9.59 Å². The van der Waals surface area contributed by atoms with Gasteiger partial charge in [-0.05, 0) is 18.8 Å². The second-order valence-electron chi connectivity index (χ2n) is 5.08. The van der Waals surface area contributed by atoms with E-state index in [1.54, 1.807) is 0 Å². The summed E-state index contributed by atoms with van der Waals surface area (Å²) in [5, 5.41) is 11.7. The first-order valence-electron chi connectivity index (χ1n) is 6.59. The highest BCUT2D eigenvalue weighted by atomic mass is 16.6. The maximum Gasteiger partial charge on any atom is 0.345 e. The molecule has 0 radical (unpaired) electrons. The van der Waals surface area contributed by atoms with Crippen LogP contribution >= 0.6 is 0 Å².